The van der Waals surface area contributed by atoms with E-state index in [1.165, 1.54) is 6.07 Å². The average molecular weight is 353 g/mol. The third-order valence-corrected chi connectivity index (χ3v) is 3.55. The van der Waals surface area contributed by atoms with Crippen LogP contribution in [0.5, 0.6) is 0 Å². The van der Waals surface area contributed by atoms with Gasteiger partial charge in [0.05, 0.1) is 4.47 Å². The van der Waals surface area contributed by atoms with Gasteiger partial charge in [0.2, 0.25) is 0 Å². The van der Waals surface area contributed by atoms with E-state index < -0.39 is 0 Å². The number of aryl methyl sites for hydroxylation is 1. The summed E-state index contributed by atoms with van der Waals surface area (Å²) in [6.07, 6.45) is 1.58. The molecule has 7 heteroatoms. The molecular weight excluding hydrogens is 339 g/mol. The number of nitrogens with two attached hydrogens (primary N) is 1. The lowest BCUT2D eigenvalue weighted by Gasteiger charge is -2.11. The van der Waals surface area contributed by atoms with Gasteiger partial charge in [-0.1, -0.05) is 5.16 Å². The molecule has 110 valence electrons. The summed E-state index contributed by atoms with van der Waals surface area (Å²) in [5.41, 5.74) is 8.44. The van der Waals surface area contributed by atoms with Crippen LogP contribution in [0.2, 0.25) is 0 Å². The molecule has 0 bridgehead atoms. The number of anilines is 1. The van der Waals surface area contributed by atoms with Crippen molar-refractivity contribution in [3.05, 3.63) is 57.6 Å². The van der Waals surface area contributed by atoms with Gasteiger partial charge in [0.1, 0.15) is 11.5 Å². The fraction of sp³-hybridized carbons (Fsp3) is 0.143. The number of benzene rings is 1. The summed E-state index contributed by atoms with van der Waals surface area (Å²) in [5.74, 6) is -0.339. The molecule has 0 spiro atoms. The summed E-state index contributed by atoms with van der Waals surface area (Å²) < 4.78 is 13.8. The first-order chi connectivity index (χ1) is 10.0. The van der Waals surface area contributed by atoms with Crippen LogP contribution in [0.25, 0.3) is 0 Å². The fourth-order valence-corrected chi connectivity index (χ4v) is 2.15. The van der Waals surface area contributed by atoms with Crippen LogP contribution >= 0.6 is 15.9 Å². The highest BCUT2D eigenvalue weighted by molar-refractivity contribution is 9.10. The summed E-state index contributed by atoms with van der Waals surface area (Å²) >= 11 is 3.16. The zero-order valence-electron chi connectivity index (χ0n) is 11.3. The zero-order chi connectivity index (χ0) is 15.4. The van der Waals surface area contributed by atoms with Crippen LogP contribution in [0.3, 0.4) is 0 Å². The van der Waals surface area contributed by atoms with E-state index in [1.807, 2.05) is 13.0 Å². The molecule has 0 fully saturated rings. The number of oxime groups is 1. The lowest BCUT2D eigenvalue weighted by Crippen LogP contribution is -2.15. The third-order valence-electron chi connectivity index (χ3n) is 2.94. The molecule has 0 atom stereocenters. The predicted molar refractivity (Wildman–Crippen MR) is 82.9 cm³/mol. The molecule has 0 radical (unpaired) electrons. The van der Waals surface area contributed by atoms with Gasteiger partial charge in [-0.15, -0.1) is 0 Å². The molecule has 0 aliphatic heterocycles. The van der Waals surface area contributed by atoms with Crippen molar-refractivity contribution in [1.82, 2.24) is 4.98 Å². The number of hydrogen-bond acceptors (Lipinski definition) is 4. The zero-order valence-corrected chi connectivity index (χ0v) is 12.9. The van der Waals surface area contributed by atoms with Gasteiger partial charge in [-0.25, -0.2) is 4.39 Å². The molecule has 2 rings (SSSR count). The van der Waals surface area contributed by atoms with E-state index in [0.717, 1.165) is 16.8 Å². The molecule has 0 amide bonds. The minimum atomic E-state index is -0.295. The van der Waals surface area contributed by atoms with Gasteiger partial charge in [0.15, 0.2) is 5.84 Å². The topological polar surface area (TPSA) is 83.5 Å². The molecule has 0 unspecified atom stereocenters. The van der Waals surface area contributed by atoms with Gasteiger partial charge in [-0.05, 0) is 58.2 Å². The van der Waals surface area contributed by atoms with Crippen molar-refractivity contribution < 1.29 is 9.60 Å². The van der Waals surface area contributed by atoms with Crippen molar-refractivity contribution in [3.63, 3.8) is 0 Å². The Morgan fingerprint density at radius 3 is 2.95 bits per heavy atom. The average Bonchev–Trinajstić information content (AvgIpc) is 2.49. The number of rotatable bonds is 4. The van der Waals surface area contributed by atoms with Crippen molar-refractivity contribution in [2.24, 2.45) is 10.9 Å². The van der Waals surface area contributed by atoms with Crippen LogP contribution in [-0.4, -0.2) is 16.0 Å². The van der Waals surface area contributed by atoms with E-state index in [2.05, 4.69) is 31.4 Å². The SMILES string of the molecule is Cc1cc(F)c(Br)cc1NCc1ccnc(/C(N)=N/O)c1. The molecule has 4 N–H and O–H groups in total. The number of nitrogens with one attached hydrogen (secondary N) is 1. The van der Waals surface area contributed by atoms with E-state index in [-0.39, 0.29) is 11.7 Å². The first-order valence-corrected chi connectivity index (χ1v) is 6.93. The summed E-state index contributed by atoms with van der Waals surface area (Å²) in [7, 11) is 0. The van der Waals surface area contributed by atoms with Crippen LogP contribution < -0.4 is 11.1 Å². The number of aromatic nitrogens is 1. The number of pyridine rings is 1. The second-order valence-electron chi connectivity index (χ2n) is 4.47. The minimum Gasteiger partial charge on any atom is -0.409 e. The van der Waals surface area contributed by atoms with E-state index in [0.29, 0.717) is 16.7 Å². The molecule has 0 saturated heterocycles. The highest BCUT2D eigenvalue weighted by atomic mass is 79.9. The molecule has 0 aliphatic rings. The largest absolute Gasteiger partial charge is 0.409 e. The molecule has 0 saturated carbocycles. The molecule has 1 aromatic heterocycles. The van der Waals surface area contributed by atoms with E-state index in [4.69, 9.17) is 10.9 Å². The van der Waals surface area contributed by atoms with Crippen molar-refractivity contribution in [3.8, 4) is 0 Å². The molecule has 2 aromatic rings. The van der Waals surface area contributed by atoms with E-state index in [9.17, 15) is 4.39 Å². The second-order valence-corrected chi connectivity index (χ2v) is 5.32. The number of hydrogen-bond donors (Lipinski definition) is 3. The molecule has 1 aromatic carbocycles. The van der Waals surface area contributed by atoms with Gasteiger partial charge in [-0.3, -0.25) is 4.98 Å². The number of nitrogens with zero attached hydrogens (tertiary/aromatic N) is 2. The predicted octanol–water partition coefficient (Wildman–Crippen LogP) is 3.00. The van der Waals surface area contributed by atoms with Gasteiger partial charge in [0, 0.05) is 18.4 Å². The van der Waals surface area contributed by atoms with Crippen LogP contribution in [-0.2, 0) is 6.54 Å². The van der Waals surface area contributed by atoms with Crippen molar-refractivity contribution in [1.29, 1.82) is 0 Å². The first-order valence-electron chi connectivity index (χ1n) is 6.13. The highest BCUT2D eigenvalue weighted by Gasteiger charge is 2.06. The van der Waals surface area contributed by atoms with E-state index >= 15 is 0 Å². The number of amidine groups is 1. The first kappa shape index (κ1) is 15.2. The molecular formula is C14H14BrFN4O. The molecule has 0 aliphatic carbocycles. The maximum absolute atomic E-state index is 13.4. The lowest BCUT2D eigenvalue weighted by atomic mass is 10.1. The van der Waals surface area contributed by atoms with Crippen molar-refractivity contribution in [2.45, 2.75) is 13.5 Å². The lowest BCUT2D eigenvalue weighted by molar-refractivity contribution is 0.318. The molecule has 21 heavy (non-hydrogen) atoms. The Balaban J connectivity index is 2.15. The number of halogens is 2. The molecule has 5 nitrogen and oxygen atoms in total. The van der Waals surface area contributed by atoms with E-state index in [1.54, 1.807) is 18.3 Å². The fourth-order valence-electron chi connectivity index (χ4n) is 1.81. The Kier molecular flexibility index (Phi) is 4.74. The smallest absolute Gasteiger partial charge is 0.188 e. The van der Waals surface area contributed by atoms with Gasteiger partial charge in [0.25, 0.3) is 0 Å². The normalized spacial score (nSPS) is 11.5. The van der Waals surface area contributed by atoms with Crippen molar-refractivity contribution >= 4 is 27.5 Å². The summed E-state index contributed by atoms with van der Waals surface area (Å²) in [5, 5.41) is 14.8. The van der Waals surface area contributed by atoms with Gasteiger partial charge in [-0.2, -0.15) is 0 Å². The maximum atomic E-state index is 13.4. The van der Waals surface area contributed by atoms with Crippen LogP contribution in [0.4, 0.5) is 10.1 Å². The monoisotopic (exact) mass is 352 g/mol. The minimum absolute atomic E-state index is 0.0439. The summed E-state index contributed by atoms with van der Waals surface area (Å²) in [4.78, 5) is 4.01. The van der Waals surface area contributed by atoms with Gasteiger partial charge >= 0.3 is 0 Å². The Labute approximate surface area is 129 Å². The summed E-state index contributed by atoms with van der Waals surface area (Å²) in [6.45, 7) is 2.33. The van der Waals surface area contributed by atoms with Crippen molar-refractivity contribution in [2.75, 3.05) is 5.32 Å². The van der Waals surface area contributed by atoms with Gasteiger partial charge < -0.3 is 16.3 Å². The Hall–Kier alpha value is -2.15. The summed E-state index contributed by atoms with van der Waals surface area (Å²) in [6, 6.07) is 6.68. The third kappa shape index (κ3) is 3.69. The Bertz CT molecular complexity index is 691. The standard InChI is InChI=1S/C14H14BrFN4O/c1-8-4-11(16)10(15)6-12(8)19-7-9-2-3-18-13(5-9)14(17)20-21/h2-6,19,21H,7H2,1H3,(H2,17,20). The molecule has 1 heterocycles. The Morgan fingerprint density at radius 2 is 2.24 bits per heavy atom. The van der Waals surface area contributed by atoms with Crippen LogP contribution in [0, 0.1) is 12.7 Å². The van der Waals surface area contributed by atoms with Crippen LogP contribution in [0.1, 0.15) is 16.8 Å². The maximum Gasteiger partial charge on any atom is 0.188 e. The highest BCUT2D eigenvalue weighted by Crippen LogP contribution is 2.24. The quantitative estimate of drug-likeness (QED) is 0.342. The van der Waals surface area contributed by atoms with Crippen LogP contribution in [0.15, 0.2) is 40.1 Å². The second kappa shape index (κ2) is 6.53. The Morgan fingerprint density at radius 1 is 1.48 bits per heavy atom.